The molecule has 1 saturated heterocycles. The largest absolute Gasteiger partial charge is 0.382 e. The number of amides is 2. The van der Waals surface area contributed by atoms with Crippen LogP contribution in [0.3, 0.4) is 0 Å². The smallest absolute Gasteiger partial charge is 0.321 e. The minimum Gasteiger partial charge on any atom is -0.382 e. The van der Waals surface area contributed by atoms with Gasteiger partial charge >= 0.3 is 6.03 Å². The minimum absolute atomic E-state index is 0.0244. The lowest BCUT2D eigenvalue weighted by Gasteiger charge is -2.16. The zero-order valence-corrected chi connectivity index (χ0v) is 16.0. The van der Waals surface area contributed by atoms with Gasteiger partial charge < -0.3 is 16.0 Å². The Kier molecular flexibility index (Phi) is 4.09. The van der Waals surface area contributed by atoms with Gasteiger partial charge in [-0.15, -0.1) is 11.3 Å². The number of benzene rings is 2. The molecule has 28 heavy (non-hydrogen) atoms. The van der Waals surface area contributed by atoms with Gasteiger partial charge in [0.1, 0.15) is 12.1 Å². The van der Waals surface area contributed by atoms with Crippen molar-refractivity contribution in [3.63, 3.8) is 0 Å². The number of likely N-dealkylation sites (tertiary alicyclic amines) is 1. The maximum absolute atomic E-state index is 12.4. The number of rotatable bonds is 2. The Labute approximate surface area is 166 Å². The fraction of sp³-hybridized carbons (Fsp3) is 0.190. The highest BCUT2D eigenvalue weighted by Gasteiger charge is 2.18. The van der Waals surface area contributed by atoms with E-state index < -0.39 is 0 Å². The van der Waals surface area contributed by atoms with Crippen LogP contribution in [0.25, 0.3) is 31.4 Å². The van der Waals surface area contributed by atoms with Crippen molar-refractivity contribution in [2.75, 3.05) is 24.1 Å². The van der Waals surface area contributed by atoms with E-state index in [2.05, 4.69) is 33.5 Å². The Bertz CT molecular complexity index is 1200. The van der Waals surface area contributed by atoms with Gasteiger partial charge in [-0.25, -0.2) is 14.8 Å². The lowest BCUT2D eigenvalue weighted by Crippen LogP contribution is -2.32. The molecule has 2 aromatic heterocycles. The molecule has 0 aliphatic carbocycles. The Balaban J connectivity index is 1.48. The second-order valence-electron chi connectivity index (χ2n) is 6.95. The van der Waals surface area contributed by atoms with Crippen molar-refractivity contribution in [2.45, 2.75) is 12.8 Å². The number of carbonyl (C=O) groups is 1. The summed E-state index contributed by atoms with van der Waals surface area (Å²) in [5, 5.41) is 4.09. The second kappa shape index (κ2) is 6.76. The molecule has 2 amide bonds. The molecule has 1 fully saturated rings. The zero-order valence-electron chi connectivity index (χ0n) is 15.2. The second-order valence-corrected chi connectivity index (χ2v) is 8.01. The molecule has 0 atom stereocenters. The third-order valence-electron chi connectivity index (χ3n) is 5.12. The molecule has 0 radical (unpaired) electrons. The van der Waals surface area contributed by atoms with Gasteiger partial charge in [-0.1, -0.05) is 24.3 Å². The summed E-state index contributed by atoms with van der Waals surface area (Å²) in [7, 11) is 0. The summed E-state index contributed by atoms with van der Waals surface area (Å²) < 4.78 is 2.03. The van der Waals surface area contributed by atoms with Crippen molar-refractivity contribution < 1.29 is 4.79 Å². The van der Waals surface area contributed by atoms with Crippen LogP contribution in [0.1, 0.15) is 12.8 Å². The van der Waals surface area contributed by atoms with E-state index >= 15 is 0 Å². The van der Waals surface area contributed by atoms with Crippen molar-refractivity contribution in [1.29, 1.82) is 0 Å². The number of nitrogens with zero attached hydrogens (tertiary/aromatic N) is 3. The van der Waals surface area contributed by atoms with Crippen LogP contribution in [0.2, 0.25) is 0 Å². The summed E-state index contributed by atoms with van der Waals surface area (Å²) in [5.74, 6) is 0.513. The summed E-state index contributed by atoms with van der Waals surface area (Å²) in [6.45, 7) is 1.67. The first-order valence-electron chi connectivity index (χ1n) is 9.28. The van der Waals surface area contributed by atoms with Crippen LogP contribution < -0.4 is 11.1 Å². The lowest BCUT2D eigenvalue weighted by atomic mass is 10.0. The number of carbonyl (C=O) groups excluding carboxylic acids is 1. The molecular formula is C21H19N5OS. The molecule has 4 aromatic rings. The first-order chi connectivity index (χ1) is 13.7. The van der Waals surface area contributed by atoms with Crippen LogP contribution in [-0.4, -0.2) is 34.0 Å². The average molecular weight is 389 g/mol. The number of aromatic nitrogens is 2. The number of anilines is 2. The van der Waals surface area contributed by atoms with Crippen molar-refractivity contribution in [3.05, 3.63) is 48.8 Å². The Hall–Kier alpha value is -3.19. The first-order valence-corrected chi connectivity index (χ1v) is 10.1. The van der Waals surface area contributed by atoms with E-state index in [0.29, 0.717) is 5.82 Å². The molecule has 1 aliphatic heterocycles. The Morgan fingerprint density at radius 2 is 1.89 bits per heavy atom. The van der Waals surface area contributed by atoms with E-state index in [4.69, 9.17) is 5.73 Å². The first kappa shape index (κ1) is 16.9. The summed E-state index contributed by atoms with van der Waals surface area (Å²) in [5.41, 5.74) is 9.84. The summed E-state index contributed by atoms with van der Waals surface area (Å²) in [6.07, 6.45) is 3.67. The molecule has 140 valence electrons. The zero-order chi connectivity index (χ0) is 19.1. The van der Waals surface area contributed by atoms with Gasteiger partial charge in [0, 0.05) is 28.9 Å². The molecule has 3 heterocycles. The quantitative estimate of drug-likeness (QED) is 0.519. The fourth-order valence-electron chi connectivity index (χ4n) is 3.67. The van der Waals surface area contributed by atoms with Gasteiger partial charge in [0.25, 0.3) is 0 Å². The van der Waals surface area contributed by atoms with Gasteiger partial charge in [-0.2, -0.15) is 0 Å². The molecular weight excluding hydrogens is 370 g/mol. The van der Waals surface area contributed by atoms with E-state index in [1.54, 1.807) is 11.3 Å². The van der Waals surface area contributed by atoms with Crippen LogP contribution in [0.4, 0.5) is 16.3 Å². The summed E-state index contributed by atoms with van der Waals surface area (Å²) in [4.78, 5) is 22.7. The Morgan fingerprint density at radius 1 is 1.07 bits per heavy atom. The normalized spacial score (nSPS) is 14.1. The summed E-state index contributed by atoms with van der Waals surface area (Å²) >= 11 is 1.60. The topological polar surface area (TPSA) is 84.1 Å². The third kappa shape index (κ3) is 2.93. The molecule has 0 saturated carbocycles. The van der Waals surface area contributed by atoms with Crippen LogP contribution >= 0.6 is 11.3 Å². The third-order valence-corrected chi connectivity index (χ3v) is 6.28. The van der Waals surface area contributed by atoms with E-state index in [-0.39, 0.29) is 6.03 Å². The van der Waals surface area contributed by atoms with Crippen LogP contribution in [0, 0.1) is 0 Å². The number of nitrogen functional groups attached to an aromatic ring is 1. The molecule has 3 N–H and O–H groups in total. The van der Waals surface area contributed by atoms with Crippen molar-refractivity contribution in [2.24, 2.45) is 0 Å². The average Bonchev–Trinajstić information content (AvgIpc) is 3.36. The molecule has 6 nitrogen and oxygen atoms in total. The van der Waals surface area contributed by atoms with Crippen molar-refractivity contribution in [1.82, 2.24) is 14.9 Å². The molecule has 0 unspecified atom stereocenters. The Morgan fingerprint density at radius 3 is 2.75 bits per heavy atom. The fourth-order valence-corrected chi connectivity index (χ4v) is 4.77. The monoisotopic (exact) mass is 389 g/mol. The van der Waals surface area contributed by atoms with Gasteiger partial charge in [-0.3, -0.25) is 0 Å². The van der Waals surface area contributed by atoms with Crippen LogP contribution in [-0.2, 0) is 0 Å². The number of hydrogen-bond donors (Lipinski definition) is 2. The van der Waals surface area contributed by atoms with Crippen LogP contribution in [0.5, 0.6) is 0 Å². The number of urea groups is 1. The molecule has 0 bridgehead atoms. The van der Waals surface area contributed by atoms with E-state index in [1.807, 2.05) is 29.2 Å². The highest BCUT2D eigenvalue weighted by molar-refractivity contribution is 7.26. The molecule has 5 rings (SSSR count). The van der Waals surface area contributed by atoms with Crippen molar-refractivity contribution >= 4 is 49.2 Å². The van der Waals surface area contributed by atoms with E-state index in [1.165, 1.54) is 6.33 Å². The maximum atomic E-state index is 12.4. The predicted octanol–water partition coefficient (Wildman–Crippen LogP) is 4.72. The summed E-state index contributed by atoms with van der Waals surface area (Å²) in [6, 6.07) is 14.2. The number of nitrogens with one attached hydrogen (secondary N) is 1. The van der Waals surface area contributed by atoms with Gasteiger partial charge in [0.2, 0.25) is 0 Å². The number of fused-ring (bicyclic) bond motifs is 3. The number of hydrogen-bond acceptors (Lipinski definition) is 5. The van der Waals surface area contributed by atoms with E-state index in [9.17, 15) is 4.79 Å². The number of nitrogens with two attached hydrogens (primary N) is 1. The molecule has 1 aliphatic rings. The SMILES string of the molecule is Nc1ncnc2c1sc1cc(-c3cccc(NC(=O)N4CCCC4)c3)ccc12. The van der Waals surface area contributed by atoms with Gasteiger partial charge in [0.05, 0.1) is 10.2 Å². The van der Waals surface area contributed by atoms with E-state index in [0.717, 1.165) is 63.0 Å². The van der Waals surface area contributed by atoms with Crippen LogP contribution in [0.15, 0.2) is 48.8 Å². The lowest BCUT2D eigenvalue weighted by molar-refractivity contribution is 0.222. The van der Waals surface area contributed by atoms with Gasteiger partial charge in [-0.05, 0) is 42.2 Å². The van der Waals surface area contributed by atoms with Crippen molar-refractivity contribution in [3.8, 4) is 11.1 Å². The highest BCUT2D eigenvalue weighted by atomic mass is 32.1. The predicted molar refractivity (Wildman–Crippen MR) is 115 cm³/mol. The molecule has 7 heteroatoms. The standard InChI is InChI=1S/C21H19N5OS/c22-20-19-18(23-12-24-20)16-7-6-14(11-17(16)28-19)13-4-3-5-15(10-13)25-21(27)26-8-1-2-9-26/h3-7,10-12H,1-2,8-9H2,(H,25,27)(H2,22,23,24). The molecule has 0 spiro atoms. The van der Waals surface area contributed by atoms with Gasteiger partial charge in [0.15, 0.2) is 0 Å². The minimum atomic E-state index is -0.0244. The maximum Gasteiger partial charge on any atom is 0.321 e. The molecule has 2 aromatic carbocycles. The highest BCUT2D eigenvalue weighted by Crippen LogP contribution is 2.37. The number of thiophene rings is 1.